The molecule has 6 nitrogen and oxygen atoms in total. The Kier molecular flexibility index (Phi) is 4.50. The second-order valence-electron chi connectivity index (χ2n) is 7.38. The lowest BCUT2D eigenvalue weighted by Crippen LogP contribution is -2.22. The molecule has 26 heavy (non-hydrogen) atoms. The van der Waals surface area contributed by atoms with Crippen LogP contribution < -0.4 is 11.1 Å². The van der Waals surface area contributed by atoms with Crippen LogP contribution >= 0.6 is 0 Å². The zero-order chi connectivity index (χ0) is 18.9. The summed E-state index contributed by atoms with van der Waals surface area (Å²) in [5.74, 6) is 0.358. The van der Waals surface area contributed by atoms with Crippen molar-refractivity contribution in [3.63, 3.8) is 0 Å². The molecule has 0 aliphatic heterocycles. The number of aromatic amines is 1. The number of carbonyl (C=O) groups is 2. The maximum Gasteiger partial charge on any atom is 0.256 e. The summed E-state index contributed by atoms with van der Waals surface area (Å²) in [7, 11) is 0. The Morgan fingerprint density at radius 2 is 1.85 bits per heavy atom. The fraction of sp³-hybridized carbons (Fsp3) is 0.250. The number of ketones is 1. The van der Waals surface area contributed by atoms with Crippen molar-refractivity contribution in [1.29, 1.82) is 0 Å². The minimum Gasteiger partial charge on any atom is -0.399 e. The molecule has 0 radical (unpaired) electrons. The lowest BCUT2D eigenvalue weighted by Gasteiger charge is -2.15. The number of nitrogen functional groups attached to an aromatic ring is 1. The number of hydrogen-bond acceptors (Lipinski definition) is 4. The van der Waals surface area contributed by atoms with Crippen molar-refractivity contribution in [1.82, 2.24) is 9.97 Å². The normalized spacial score (nSPS) is 11.5. The number of nitrogens with zero attached hydrogens (tertiary/aromatic N) is 1. The zero-order valence-corrected chi connectivity index (χ0v) is 15.1. The number of H-pyrrole nitrogens is 1. The average molecular weight is 350 g/mol. The highest BCUT2D eigenvalue weighted by Gasteiger charge is 2.21. The summed E-state index contributed by atoms with van der Waals surface area (Å²) in [6, 6.07) is 10.4. The van der Waals surface area contributed by atoms with Gasteiger partial charge in [0.05, 0.1) is 11.7 Å². The number of anilines is 2. The minimum absolute atomic E-state index is 0.161. The van der Waals surface area contributed by atoms with Gasteiger partial charge in [0.1, 0.15) is 11.6 Å². The van der Waals surface area contributed by atoms with Gasteiger partial charge in [-0.2, -0.15) is 0 Å². The molecule has 0 spiro atoms. The molecule has 2 aromatic heterocycles. The van der Waals surface area contributed by atoms with Crippen molar-refractivity contribution in [3.05, 3.63) is 53.9 Å². The number of carbonyl (C=O) groups excluding carboxylic acids is 2. The molecule has 0 aliphatic carbocycles. The van der Waals surface area contributed by atoms with Gasteiger partial charge in [-0.25, -0.2) is 4.98 Å². The van der Waals surface area contributed by atoms with Gasteiger partial charge in [0.15, 0.2) is 0 Å². The summed E-state index contributed by atoms with van der Waals surface area (Å²) in [5, 5.41) is 3.67. The molecule has 0 saturated carbocycles. The van der Waals surface area contributed by atoms with Crippen molar-refractivity contribution >= 4 is 34.1 Å². The summed E-state index contributed by atoms with van der Waals surface area (Å²) < 4.78 is 0. The summed E-state index contributed by atoms with van der Waals surface area (Å²) in [6.07, 6.45) is 1.99. The first-order chi connectivity index (χ1) is 12.2. The molecule has 0 fully saturated rings. The van der Waals surface area contributed by atoms with E-state index in [-0.39, 0.29) is 17.1 Å². The number of aromatic nitrogens is 2. The molecule has 2 heterocycles. The van der Waals surface area contributed by atoms with Crippen LogP contribution in [0.1, 0.15) is 36.8 Å². The van der Waals surface area contributed by atoms with Crippen LogP contribution in [0.3, 0.4) is 0 Å². The highest BCUT2D eigenvalue weighted by Crippen LogP contribution is 2.22. The number of Topliss-reactive ketones (excluding diaryl/α,β-unsaturated/α-hetero) is 1. The highest BCUT2D eigenvalue weighted by atomic mass is 16.1. The van der Waals surface area contributed by atoms with Gasteiger partial charge in [0.2, 0.25) is 0 Å². The van der Waals surface area contributed by atoms with Crippen LogP contribution in [0.15, 0.2) is 42.6 Å². The van der Waals surface area contributed by atoms with Crippen LogP contribution in [-0.2, 0) is 11.2 Å². The lowest BCUT2D eigenvalue weighted by molar-refractivity contribution is -0.125. The van der Waals surface area contributed by atoms with Gasteiger partial charge in [0.25, 0.3) is 5.91 Å². The number of fused-ring (bicyclic) bond motifs is 1. The first kappa shape index (κ1) is 17.7. The first-order valence-electron chi connectivity index (χ1n) is 8.40. The number of nitrogens with one attached hydrogen (secondary N) is 2. The number of benzene rings is 1. The molecule has 134 valence electrons. The number of amides is 1. The van der Waals surface area contributed by atoms with E-state index in [0.29, 0.717) is 23.5 Å². The Labute approximate surface area is 151 Å². The molecular formula is C20H22N4O2. The molecule has 0 unspecified atom stereocenters. The molecule has 0 bridgehead atoms. The molecule has 4 N–H and O–H groups in total. The molecule has 3 aromatic rings. The topological polar surface area (TPSA) is 101 Å². The Bertz CT molecular complexity index is 966. The van der Waals surface area contributed by atoms with Gasteiger partial charge in [-0.05, 0) is 36.4 Å². The van der Waals surface area contributed by atoms with Gasteiger partial charge >= 0.3 is 0 Å². The fourth-order valence-electron chi connectivity index (χ4n) is 2.52. The Balaban J connectivity index is 1.77. The maximum absolute atomic E-state index is 12.3. The average Bonchev–Trinajstić information content (AvgIpc) is 2.96. The van der Waals surface area contributed by atoms with E-state index >= 15 is 0 Å². The zero-order valence-electron chi connectivity index (χ0n) is 15.1. The summed E-state index contributed by atoms with van der Waals surface area (Å²) in [6.45, 7) is 5.72. The molecule has 6 heteroatoms. The predicted octanol–water partition coefficient (Wildman–Crippen LogP) is 3.56. The second-order valence-corrected chi connectivity index (χ2v) is 7.38. The number of rotatable bonds is 4. The van der Waals surface area contributed by atoms with Crippen LogP contribution in [0.5, 0.6) is 0 Å². The van der Waals surface area contributed by atoms with Crippen LogP contribution in [-0.4, -0.2) is 21.7 Å². The number of pyridine rings is 1. The third-order valence-electron chi connectivity index (χ3n) is 4.16. The van der Waals surface area contributed by atoms with Crippen LogP contribution in [0.2, 0.25) is 0 Å². The third-order valence-corrected chi connectivity index (χ3v) is 4.16. The third kappa shape index (κ3) is 3.91. The smallest absolute Gasteiger partial charge is 0.256 e. The summed E-state index contributed by atoms with van der Waals surface area (Å²) in [5.41, 5.74) is 8.02. The Morgan fingerprint density at radius 1 is 1.15 bits per heavy atom. The van der Waals surface area contributed by atoms with E-state index in [4.69, 9.17) is 5.73 Å². The standard InChI is InChI=1S/C20H22N4O2/c1-20(2,3)17(25)10-15-8-13-9-18(22-11-16(13)23-15)24-19(26)12-4-6-14(21)7-5-12/h4-9,11,23H,10,21H2,1-3H3,(H,22,24,26). The van der Waals surface area contributed by atoms with Gasteiger partial charge in [-0.3, -0.25) is 9.59 Å². The number of hydrogen-bond donors (Lipinski definition) is 3. The molecule has 1 amide bonds. The molecular weight excluding hydrogens is 328 g/mol. The maximum atomic E-state index is 12.3. The molecule has 0 saturated heterocycles. The minimum atomic E-state index is -0.381. The predicted molar refractivity (Wildman–Crippen MR) is 103 cm³/mol. The summed E-state index contributed by atoms with van der Waals surface area (Å²) >= 11 is 0. The van der Waals surface area contributed by atoms with E-state index in [1.54, 1.807) is 36.5 Å². The first-order valence-corrected chi connectivity index (χ1v) is 8.40. The van der Waals surface area contributed by atoms with E-state index < -0.39 is 0 Å². The molecule has 0 atom stereocenters. The van der Waals surface area contributed by atoms with Crippen LogP contribution in [0, 0.1) is 5.41 Å². The van der Waals surface area contributed by atoms with Crippen molar-refractivity contribution in [3.8, 4) is 0 Å². The molecule has 1 aromatic carbocycles. The van der Waals surface area contributed by atoms with Gasteiger partial charge < -0.3 is 16.0 Å². The van der Waals surface area contributed by atoms with Crippen molar-refractivity contribution in [2.24, 2.45) is 5.41 Å². The van der Waals surface area contributed by atoms with E-state index in [0.717, 1.165) is 16.6 Å². The Hall–Kier alpha value is -3.15. The van der Waals surface area contributed by atoms with Crippen molar-refractivity contribution < 1.29 is 9.59 Å². The van der Waals surface area contributed by atoms with Gasteiger partial charge in [-0.1, -0.05) is 20.8 Å². The van der Waals surface area contributed by atoms with Gasteiger partial charge in [0, 0.05) is 34.2 Å². The monoisotopic (exact) mass is 350 g/mol. The SMILES string of the molecule is CC(C)(C)C(=O)Cc1cc2cc(NC(=O)c3ccc(N)cc3)ncc2[nH]1. The second kappa shape index (κ2) is 6.63. The van der Waals surface area contributed by atoms with E-state index in [1.165, 1.54) is 0 Å². The van der Waals surface area contributed by atoms with Crippen molar-refractivity contribution in [2.45, 2.75) is 27.2 Å². The number of nitrogens with two attached hydrogens (primary N) is 1. The quantitative estimate of drug-likeness (QED) is 0.626. The lowest BCUT2D eigenvalue weighted by atomic mass is 9.88. The summed E-state index contributed by atoms with van der Waals surface area (Å²) in [4.78, 5) is 31.9. The van der Waals surface area contributed by atoms with E-state index in [2.05, 4.69) is 15.3 Å². The van der Waals surface area contributed by atoms with Crippen LogP contribution in [0.25, 0.3) is 10.9 Å². The van der Waals surface area contributed by atoms with E-state index in [9.17, 15) is 9.59 Å². The van der Waals surface area contributed by atoms with Crippen molar-refractivity contribution in [2.75, 3.05) is 11.1 Å². The van der Waals surface area contributed by atoms with E-state index in [1.807, 2.05) is 26.8 Å². The Morgan fingerprint density at radius 3 is 2.50 bits per heavy atom. The molecule has 3 rings (SSSR count). The largest absolute Gasteiger partial charge is 0.399 e. The van der Waals surface area contributed by atoms with Crippen LogP contribution in [0.4, 0.5) is 11.5 Å². The van der Waals surface area contributed by atoms with Gasteiger partial charge in [-0.15, -0.1) is 0 Å². The fourth-order valence-corrected chi connectivity index (χ4v) is 2.52. The molecule has 0 aliphatic rings. The highest BCUT2D eigenvalue weighted by molar-refractivity contribution is 6.04.